The fraction of sp³-hybridized carbons (Fsp3) is 0. The molecule has 0 aliphatic rings. The zero-order valence-electron chi connectivity index (χ0n) is 24.7. The normalized spacial score (nSPS) is 11.6. The lowest BCUT2D eigenvalue weighted by atomic mass is 9.96. The van der Waals surface area contributed by atoms with E-state index in [0.29, 0.717) is 0 Å². The van der Waals surface area contributed by atoms with Crippen LogP contribution in [-0.4, -0.2) is 0 Å². The van der Waals surface area contributed by atoms with Gasteiger partial charge in [0.1, 0.15) is 0 Å². The zero-order chi connectivity index (χ0) is 29.7. The van der Waals surface area contributed by atoms with Crippen molar-refractivity contribution in [2.24, 2.45) is 0 Å². The monoisotopic (exact) mass is 571 g/mol. The van der Waals surface area contributed by atoms with Gasteiger partial charge in [0.15, 0.2) is 0 Å². The molecule has 9 aromatic carbocycles. The van der Waals surface area contributed by atoms with Crippen LogP contribution in [0, 0.1) is 0 Å². The van der Waals surface area contributed by atoms with Gasteiger partial charge in [0.25, 0.3) is 0 Å². The Morgan fingerprint density at radius 3 is 1.27 bits per heavy atom. The van der Waals surface area contributed by atoms with Crippen molar-refractivity contribution in [1.29, 1.82) is 0 Å². The highest BCUT2D eigenvalue weighted by Gasteiger charge is 2.16. The van der Waals surface area contributed by atoms with Crippen LogP contribution in [0.2, 0.25) is 0 Å². The Balaban J connectivity index is 1.27. The maximum Gasteiger partial charge on any atom is 0.0468 e. The number of nitrogens with zero attached hydrogens (tertiary/aromatic N) is 1. The van der Waals surface area contributed by atoms with Gasteiger partial charge in [-0.15, -0.1) is 0 Å². The van der Waals surface area contributed by atoms with Crippen molar-refractivity contribution in [1.82, 2.24) is 0 Å². The molecule has 0 aromatic heterocycles. The van der Waals surface area contributed by atoms with Gasteiger partial charge in [-0.2, -0.15) is 0 Å². The predicted octanol–water partition coefficient (Wildman–Crippen LogP) is 12.6. The van der Waals surface area contributed by atoms with E-state index in [-0.39, 0.29) is 0 Å². The molecule has 45 heavy (non-hydrogen) atoms. The molecular weight excluding hydrogens is 542 g/mol. The Morgan fingerprint density at radius 1 is 0.244 bits per heavy atom. The average molecular weight is 572 g/mol. The van der Waals surface area contributed by atoms with Crippen LogP contribution in [0.4, 0.5) is 17.1 Å². The molecule has 0 radical (unpaired) electrons. The second kappa shape index (κ2) is 10.4. The molecule has 0 atom stereocenters. The Labute approximate surface area is 262 Å². The second-order valence-electron chi connectivity index (χ2n) is 11.8. The number of hydrogen-bond acceptors (Lipinski definition) is 1. The van der Waals surface area contributed by atoms with Gasteiger partial charge in [0, 0.05) is 17.1 Å². The standard InChI is InChI=1S/C44H29N/c1-2-8-30(9-3-1)31-16-22-36(23-17-31)45(37-24-18-34-15-14-32-10-5-7-13-40(32)43(34)28-37)38-25-19-35-21-26-41-39-12-6-4-11-33(39)20-27-42(41)44(35)29-38/h1-29H. The third-order valence-corrected chi connectivity index (χ3v) is 9.21. The van der Waals surface area contributed by atoms with Crippen LogP contribution < -0.4 is 4.90 Å². The van der Waals surface area contributed by atoms with Crippen LogP contribution in [0.5, 0.6) is 0 Å². The van der Waals surface area contributed by atoms with Crippen molar-refractivity contribution in [3.63, 3.8) is 0 Å². The molecule has 0 saturated carbocycles. The molecule has 0 heterocycles. The Morgan fingerprint density at radius 2 is 0.644 bits per heavy atom. The van der Waals surface area contributed by atoms with E-state index >= 15 is 0 Å². The fourth-order valence-electron chi connectivity index (χ4n) is 6.95. The van der Waals surface area contributed by atoms with Gasteiger partial charge in [-0.3, -0.25) is 0 Å². The predicted molar refractivity (Wildman–Crippen MR) is 194 cm³/mol. The molecule has 0 unspecified atom stereocenters. The molecular formula is C44H29N. The second-order valence-corrected chi connectivity index (χ2v) is 11.8. The first-order valence-electron chi connectivity index (χ1n) is 15.5. The quantitative estimate of drug-likeness (QED) is 0.190. The van der Waals surface area contributed by atoms with Crippen molar-refractivity contribution >= 4 is 70.9 Å². The van der Waals surface area contributed by atoms with Gasteiger partial charge in [0.05, 0.1) is 0 Å². The van der Waals surface area contributed by atoms with Crippen molar-refractivity contribution in [3.8, 4) is 11.1 Å². The highest BCUT2D eigenvalue weighted by molar-refractivity contribution is 6.18. The first-order valence-corrected chi connectivity index (χ1v) is 15.5. The van der Waals surface area contributed by atoms with Gasteiger partial charge in [-0.1, -0.05) is 140 Å². The summed E-state index contributed by atoms with van der Waals surface area (Å²) in [6.45, 7) is 0. The molecule has 1 heteroatoms. The summed E-state index contributed by atoms with van der Waals surface area (Å²) in [6.07, 6.45) is 0. The van der Waals surface area contributed by atoms with Gasteiger partial charge in [-0.25, -0.2) is 0 Å². The van der Waals surface area contributed by atoms with E-state index in [0.717, 1.165) is 17.1 Å². The smallest absolute Gasteiger partial charge is 0.0468 e. The van der Waals surface area contributed by atoms with E-state index in [1.165, 1.54) is 65.0 Å². The van der Waals surface area contributed by atoms with Crippen LogP contribution in [-0.2, 0) is 0 Å². The molecule has 0 fully saturated rings. The maximum atomic E-state index is 2.40. The van der Waals surface area contributed by atoms with Gasteiger partial charge in [0.2, 0.25) is 0 Å². The zero-order valence-corrected chi connectivity index (χ0v) is 24.7. The molecule has 0 bridgehead atoms. The number of anilines is 3. The lowest BCUT2D eigenvalue weighted by Crippen LogP contribution is -2.10. The fourth-order valence-corrected chi connectivity index (χ4v) is 6.95. The summed E-state index contributed by atoms with van der Waals surface area (Å²) in [5, 5.41) is 12.6. The largest absolute Gasteiger partial charge is 0.310 e. The van der Waals surface area contributed by atoms with E-state index in [9.17, 15) is 0 Å². The first kappa shape index (κ1) is 25.6. The van der Waals surface area contributed by atoms with E-state index in [1.54, 1.807) is 0 Å². The molecule has 0 amide bonds. The average Bonchev–Trinajstić information content (AvgIpc) is 3.12. The Hall–Kier alpha value is -5.92. The molecule has 1 nitrogen and oxygen atoms in total. The van der Waals surface area contributed by atoms with Crippen molar-refractivity contribution < 1.29 is 0 Å². The molecule has 0 spiro atoms. The van der Waals surface area contributed by atoms with Gasteiger partial charge >= 0.3 is 0 Å². The number of hydrogen-bond donors (Lipinski definition) is 0. The molecule has 9 rings (SSSR count). The molecule has 0 N–H and O–H groups in total. The minimum atomic E-state index is 1.12. The summed E-state index contributed by atoms with van der Waals surface area (Å²) in [5.74, 6) is 0. The lowest BCUT2D eigenvalue weighted by Gasteiger charge is -2.27. The number of benzene rings is 9. The number of rotatable bonds is 4. The summed E-state index contributed by atoms with van der Waals surface area (Å²) in [4.78, 5) is 2.40. The minimum Gasteiger partial charge on any atom is -0.310 e. The Bertz CT molecular complexity index is 2530. The maximum absolute atomic E-state index is 2.40. The number of fused-ring (bicyclic) bond motifs is 8. The summed E-state index contributed by atoms with van der Waals surface area (Å²) < 4.78 is 0. The van der Waals surface area contributed by atoms with Crippen LogP contribution >= 0.6 is 0 Å². The third kappa shape index (κ3) is 4.32. The Kier molecular flexibility index (Phi) is 5.89. The highest BCUT2D eigenvalue weighted by Crippen LogP contribution is 2.41. The first-order chi connectivity index (χ1) is 22.3. The van der Waals surface area contributed by atoms with Gasteiger partial charge in [-0.05, 0) is 101 Å². The highest BCUT2D eigenvalue weighted by atomic mass is 15.1. The van der Waals surface area contributed by atoms with Crippen LogP contribution in [0.15, 0.2) is 176 Å². The molecule has 0 aliphatic carbocycles. The summed E-state index contributed by atoms with van der Waals surface area (Å²) in [5.41, 5.74) is 5.82. The summed E-state index contributed by atoms with van der Waals surface area (Å²) in [6, 6.07) is 64.1. The molecule has 210 valence electrons. The summed E-state index contributed by atoms with van der Waals surface area (Å²) in [7, 11) is 0. The van der Waals surface area contributed by atoms with Crippen LogP contribution in [0.1, 0.15) is 0 Å². The van der Waals surface area contributed by atoms with Crippen molar-refractivity contribution in [3.05, 3.63) is 176 Å². The minimum absolute atomic E-state index is 1.12. The molecule has 9 aromatic rings. The van der Waals surface area contributed by atoms with E-state index in [2.05, 4.69) is 181 Å². The van der Waals surface area contributed by atoms with Crippen LogP contribution in [0.25, 0.3) is 65.0 Å². The van der Waals surface area contributed by atoms with Crippen molar-refractivity contribution in [2.45, 2.75) is 0 Å². The van der Waals surface area contributed by atoms with Gasteiger partial charge < -0.3 is 4.90 Å². The molecule has 0 aliphatic heterocycles. The lowest BCUT2D eigenvalue weighted by molar-refractivity contribution is 1.30. The van der Waals surface area contributed by atoms with Crippen LogP contribution in [0.3, 0.4) is 0 Å². The van der Waals surface area contributed by atoms with Crippen molar-refractivity contribution in [2.75, 3.05) is 4.90 Å². The third-order valence-electron chi connectivity index (χ3n) is 9.21. The summed E-state index contributed by atoms with van der Waals surface area (Å²) >= 11 is 0. The molecule has 0 saturated heterocycles. The van der Waals surface area contributed by atoms with E-state index in [4.69, 9.17) is 0 Å². The van der Waals surface area contributed by atoms with E-state index in [1.807, 2.05) is 0 Å². The topological polar surface area (TPSA) is 3.24 Å². The SMILES string of the molecule is c1ccc(-c2ccc(N(c3ccc4ccc5ccccc5c4c3)c3ccc4ccc5c6ccccc6ccc5c4c3)cc2)cc1. The van der Waals surface area contributed by atoms with E-state index < -0.39 is 0 Å².